The highest BCUT2D eigenvalue weighted by Gasteiger charge is 2.19. The monoisotopic (exact) mass is 381 g/mol. The van der Waals surface area contributed by atoms with Crippen molar-refractivity contribution in [2.24, 2.45) is 0 Å². The molecule has 0 spiro atoms. The molecule has 2 aromatic heterocycles. The van der Waals surface area contributed by atoms with E-state index in [1.165, 1.54) is 12.4 Å². The quantitative estimate of drug-likeness (QED) is 0.444. The average Bonchev–Trinajstić information content (AvgIpc) is 2.57. The van der Waals surface area contributed by atoms with Crippen LogP contribution in [0.25, 0.3) is 0 Å². The van der Waals surface area contributed by atoms with Crippen LogP contribution in [-0.2, 0) is 9.53 Å². The molecule has 132 valence electrons. The lowest BCUT2D eigenvalue weighted by molar-refractivity contribution is -0.115. The number of anilines is 2. The second-order valence-corrected chi connectivity index (χ2v) is 6.53. The van der Waals surface area contributed by atoms with Crippen LogP contribution in [0.15, 0.2) is 29.7 Å². The zero-order valence-electron chi connectivity index (χ0n) is 13.5. The first-order valence-corrected chi connectivity index (χ1v) is 8.55. The van der Waals surface area contributed by atoms with Crippen molar-refractivity contribution in [3.05, 3.63) is 35.1 Å². The maximum Gasteiger partial charge on any atom is 0.343 e. The Bertz CT molecular complexity index is 772. The molecule has 3 N–H and O–H groups in total. The van der Waals surface area contributed by atoms with Crippen molar-refractivity contribution in [1.29, 1.82) is 0 Å². The van der Waals surface area contributed by atoms with E-state index in [1.54, 1.807) is 26.0 Å². The number of nitrogen functional groups attached to an aromatic ring is 1. The summed E-state index contributed by atoms with van der Waals surface area (Å²) in [4.78, 5) is 35.9. The van der Waals surface area contributed by atoms with Gasteiger partial charge in [-0.05, 0) is 26.0 Å². The SMILES string of the molecule is CCOC(=O)c1cnc(SC(C)C(=O)Nc2ccc(Cl)cn2)nc1N. The number of nitrogens with zero attached hydrogens (tertiary/aromatic N) is 3. The first-order valence-electron chi connectivity index (χ1n) is 7.29. The second-order valence-electron chi connectivity index (χ2n) is 4.78. The third-order valence-electron chi connectivity index (χ3n) is 2.92. The number of carbonyl (C=O) groups is 2. The van der Waals surface area contributed by atoms with E-state index in [9.17, 15) is 9.59 Å². The summed E-state index contributed by atoms with van der Waals surface area (Å²) in [7, 11) is 0. The van der Waals surface area contributed by atoms with E-state index in [-0.39, 0.29) is 29.1 Å². The lowest BCUT2D eigenvalue weighted by Gasteiger charge is -2.11. The predicted molar refractivity (Wildman–Crippen MR) is 95.6 cm³/mol. The molecule has 25 heavy (non-hydrogen) atoms. The Hall–Kier alpha value is -2.39. The number of esters is 1. The van der Waals surface area contributed by atoms with E-state index in [4.69, 9.17) is 22.1 Å². The van der Waals surface area contributed by atoms with Gasteiger partial charge in [-0.25, -0.2) is 19.7 Å². The third kappa shape index (κ3) is 5.30. The number of ether oxygens (including phenoxy) is 1. The number of aromatic nitrogens is 3. The van der Waals surface area contributed by atoms with Crippen molar-refractivity contribution in [2.75, 3.05) is 17.7 Å². The Balaban J connectivity index is 2.00. The first-order chi connectivity index (χ1) is 11.9. The molecule has 0 aliphatic heterocycles. The molecule has 0 saturated heterocycles. The highest BCUT2D eigenvalue weighted by molar-refractivity contribution is 8.00. The van der Waals surface area contributed by atoms with Gasteiger partial charge in [-0.15, -0.1) is 0 Å². The third-order valence-corrected chi connectivity index (χ3v) is 4.12. The molecule has 0 aromatic carbocycles. The van der Waals surface area contributed by atoms with Crippen LogP contribution in [0.3, 0.4) is 0 Å². The number of nitrogens with two attached hydrogens (primary N) is 1. The van der Waals surface area contributed by atoms with Crippen molar-refractivity contribution in [2.45, 2.75) is 24.3 Å². The van der Waals surface area contributed by atoms with Gasteiger partial charge in [-0.2, -0.15) is 0 Å². The zero-order chi connectivity index (χ0) is 18.4. The molecule has 10 heteroatoms. The molecule has 0 fully saturated rings. The van der Waals surface area contributed by atoms with Gasteiger partial charge in [0.25, 0.3) is 0 Å². The minimum atomic E-state index is -0.587. The lowest BCUT2D eigenvalue weighted by atomic mass is 10.3. The van der Waals surface area contributed by atoms with E-state index in [0.717, 1.165) is 11.8 Å². The lowest BCUT2D eigenvalue weighted by Crippen LogP contribution is -2.23. The largest absolute Gasteiger partial charge is 0.462 e. The van der Waals surface area contributed by atoms with E-state index < -0.39 is 11.2 Å². The molecular formula is C15H16ClN5O3S. The molecule has 0 aliphatic carbocycles. The van der Waals surface area contributed by atoms with Gasteiger partial charge in [0.05, 0.1) is 16.9 Å². The average molecular weight is 382 g/mol. The van der Waals surface area contributed by atoms with Gasteiger partial charge in [-0.1, -0.05) is 23.4 Å². The molecule has 2 aromatic rings. The fraction of sp³-hybridized carbons (Fsp3) is 0.267. The topological polar surface area (TPSA) is 120 Å². The highest BCUT2D eigenvalue weighted by atomic mass is 35.5. The number of halogens is 1. The van der Waals surface area contributed by atoms with Crippen molar-refractivity contribution in [3.63, 3.8) is 0 Å². The van der Waals surface area contributed by atoms with Crippen molar-refractivity contribution in [1.82, 2.24) is 15.0 Å². The summed E-state index contributed by atoms with van der Waals surface area (Å²) in [5.74, 6) is -0.476. The van der Waals surface area contributed by atoms with Crippen LogP contribution >= 0.6 is 23.4 Å². The van der Waals surface area contributed by atoms with E-state index in [2.05, 4.69) is 20.3 Å². The Labute approximate surface area is 153 Å². The molecule has 2 heterocycles. The normalized spacial score (nSPS) is 11.6. The van der Waals surface area contributed by atoms with Crippen molar-refractivity contribution >= 4 is 46.9 Å². The number of amides is 1. The number of nitrogens with one attached hydrogen (secondary N) is 1. The Morgan fingerprint density at radius 3 is 2.72 bits per heavy atom. The molecule has 1 atom stereocenters. The molecule has 0 bridgehead atoms. The summed E-state index contributed by atoms with van der Waals surface area (Å²) >= 11 is 6.85. The molecule has 0 saturated carbocycles. The number of carbonyl (C=O) groups excluding carboxylic acids is 2. The van der Waals surface area contributed by atoms with Gasteiger partial charge in [0.2, 0.25) is 5.91 Å². The summed E-state index contributed by atoms with van der Waals surface area (Å²) in [6.45, 7) is 3.61. The summed E-state index contributed by atoms with van der Waals surface area (Å²) < 4.78 is 4.86. The van der Waals surface area contributed by atoms with Gasteiger partial charge >= 0.3 is 5.97 Å². The molecule has 1 unspecified atom stereocenters. The molecular weight excluding hydrogens is 366 g/mol. The van der Waals surface area contributed by atoms with Crippen LogP contribution in [0.1, 0.15) is 24.2 Å². The number of rotatable bonds is 6. The van der Waals surface area contributed by atoms with E-state index in [1.807, 2.05) is 0 Å². The predicted octanol–water partition coefficient (Wildman–Crippen LogP) is 2.40. The standard InChI is InChI=1S/C15H16ClN5O3S/c1-3-24-14(23)10-7-19-15(21-12(10)17)25-8(2)13(22)20-11-5-4-9(16)6-18-11/h4-8H,3H2,1-2H3,(H2,17,19,21)(H,18,20,22). The fourth-order valence-corrected chi connectivity index (χ4v) is 2.55. The number of thioether (sulfide) groups is 1. The number of hydrogen-bond acceptors (Lipinski definition) is 8. The van der Waals surface area contributed by atoms with Gasteiger partial charge in [-0.3, -0.25) is 4.79 Å². The highest BCUT2D eigenvalue weighted by Crippen LogP contribution is 2.22. The summed E-state index contributed by atoms with van der Waals surface area (Å²) in [6, 6.07) is 3.22. The van der Waals surface area contributed by atoms with Crippen molar-refractivity contribution < 1.29 is 14.3 Å². The van der Waals surface area contributed by atoms with E-state index in [0.29, 0.717) is 10.8 Å². The molecule has 0 radical (unpaired) electrons. The summed E-state index contributed by atoms with van der Waals surface area (Å²) in [5, 5.41) is 2.90. The summed E-state index contributed by atoms with van der Waals surface area (Å²) in [5.41, 5.74) is 5.85. The Morgan fingerprint density at radius 2 is 2.12 bits per heavy atom. The smallest absolute Gasteiger partial charge is 0.343 e. The molecule has 1 amide bonds. The van der Waals surface area contributed by atoms with Gasteiger partial charge < -0.3 is 15.8 Å². The second kappa shape index (κ2) is 8.63. The first kappa shape index (κ1) is 18.9. The fourth-order valence-electron chi connectivity index (χ4n) is 1.69. The van der Waals surface area contributed by atoms with Crippen LogP contribution in [-0.4, -0.2) is 38.7 Å². The van der Waals surface area contributed by atoms with Crippen LogP contribution in [0.4, 0.5) is 11.6 Å². The van der Waals surface area contributed by atoms with Gasteiger partial charge in [0.1, 0.15) is 17.2 Å². The minimum Gasteiger partial charge on any atom is -0.462 e. The van der Waals surface area contributed by atoms with Crippen molar-refractivity contribution in [3.8, 4) is 0 Å². The van der Waals surface area contributed by atoms with Gasteiger partial charge in [0.15, 0.2) is 5.16 Å². The zero-order valence-corrected chi connectivity index (χ0v) is 15.1. The maximum atomic E-state index is 12.2. The minimum absolute atomic E-state index is 0.00271. The molecule has 2 rings (SSSR count). The van der Waals surface area contributed by atoms with Crippen LogP contribution in [0.2, 0.25) is 5.02 Å². The van der Waals surface area contributed by atoms with Crippen LogP contribution in [0, 0.1) is 0 Å². The van der Waals surface area contributed by atoms with Crippen LogP contribution < -0.4 is 11.1 Å². The molecule has 8 nitrogen and oxygen atoms in total. The Morgan fingerprint density at radius 1 is 1.36 bits per heavy atom. The van der Waals surface area contributed by atoms with E-state index >= 15 is 0 Å². The summed E-state index contributed by atoms with van der Waals surface area (Å²) in [6.07, 6.45) is 2.72. The van der Waals surface area contributed by atoms with Gasteiger partial charge in [0, 0.05) is 12.4 Å². The number of pyridine rings is 1. The number of hydrogen-bond donors (Lipinski definition) is 2. The molecule has 0 aliphatic rings. The van der Waals surface area contributed by atoms with Crippen LogP contribution in [0.5, 0.6) is 0 Å². The maximum absolute atomic E-state index is 12.2. The Kier molecular flexibility index (Phi) is 6.54.